The number of carbonyl (C=O) groups is 1. The maximum atomic E-state index is 12.0. The molecule has 2 saturated carbocycles. The van der Waals surface area contributed by atoms with Crippen molar-refractivity contribution in [2.24, 2.45) is 16.3 Å². The van der Waals surface area contributed by atoms with Crippen LogP contribution in [0.1, 0.15) is 72.9 Å². The van der Waals surface area contributed by atoms with Crippen LogP contribution in [-0.4, -0.2) is 36.6 Å². The molecular weight excluding hydrogens is 348 g/mol. The van der Waals surface area contributed by atoms with Crippen LogP contribution < -0.4 is 10.6 Å². The highest BCUT2D eigenvalue weighted by molar-refractivity contribution is 7.13. The molecule has 2 aliphatic carbocycles. The number of carbonyl (C=O) groups excluding carboxylic acids is 1. The zero-order chi connectivity index (χ0) is 18.7. The molecule has 1 aromatic rings. The summed E-state index contributed by atoms with van der Waals surface area (Å²) in [6.45, 7) is 9.89. The second-order valence-electron chi connectivity index (χ2n) is 7.38. The number of esters is 1. The molecule has 2 fully saturated rings. The third kappa shape index (κ3) is 4.37. The van der Waals surface area contributed by atoms with Crippen LogP contribution in [-0.2, 0) is 4.74 Å². The lowest BCUT2D eigenvalue weighted by Gasteiger charge is -2.18. The molecule has 6 nitrogen and oxygen atoms in total. The molecule has 0 aliphatic heterocycles. The van der Waals surface area contributed by atoms with E-state index in [2.05, 4.69) is 22.5 Å². The smallest absolute Gasteiger partial charge is 0.350 e. The number of aromatic nitrogens is 1. The average Bonchev–Trinajstić information content (AvgIpc) is 3.50. The summed E-state index contributed by atoms with van der Waals surface area (Å²) < 4.78 is 5.11. The largest absolute Gasteiger partial charge is 0.462 e. The van der Waals surface area contributed by atoms with Crippen LogP contribution in [0.4, 0.5) is 0 Å². The van der Waals surface area contributed by atoms with Gasteiger partial charge in [0.2, 0.25) is 0 Å². The fourth-order valence-electron chi connectivity index (χ4n) is 3.36. The van der Waals surface area contributed by atoms with Gasteiger partial charge >= 0.3 is 5.97 Å². The van der Waals surface area contributed by atoms with Gasteiger partial charge in [0.15, 0.2) is 5.96 Å². The van der Waals surface area contributed by atoms with E-state index in [-0.39, 0.29) is 12.0 Å². The highest BCUT2D eigenvalue weighted by Gasteiger charge is 2.53. The van der Waals surface area contributed by atoms with E-state index >= 15 is 0 Å². The molecule has 0 bridgehead atoms. The fraction of sp³-hybridized carbons (Fsp3) is 0.737. The number of hydrogen-bond acceptors (Lipinski definition) is 5. The van der Waals surface area contributed by atoms with Crippen molar-refractivity contribution in [3.8, 4) is 0 Å². The number of rotatable bonds is 8. The first kappa shape index (κ1) is 19.1. The summed E-state index contributed by atoms with van der Waals surface area (Å²) in [4.78, 5) is 22.0. The predicted molar refractivity (Wildman–Crippen MR) is 105 cm³/mol. The van der Waals surface area contributed by atoms with Crippen molar-refractivity contribution in [3.63, 3.8) is 0 Å². The number of aryl methyl sites for hydroxylation is 1. The predicted octanol–water partition coefficient (Wildman–Crippen LogP) is 3.43. The van der Waals surface area contributed by atoms with Gasteiger partial charge in [-0.15, -0.1) is 11.3 Å². The minimum absolute atomic E-state index is 0.0178. The number of aliphatic imine (C=N–C) groups is 1. The van der Waals surface area contributed by atoms with Crippen LogP contribution in [0.15, 0.2) is 4.99 Å². The number of nitrogens with one attached hydrogen (secondary N) is 2. The lowest BCUT2D eigenvalue weighted by molar-refractivity contribution is 0.0531. The molecule has 2 aliphatic rings. The Morgan fingerprint density at radius 2 is 2.15 bits per heavy atom. The van der Waals surface area contributed by atoms with Gasteiger partial charge in [-0.3, -0.25) is 4.99 Å². The Morgan fingerprint density at radius 1 is 1.42 bits per heavy atom. The van der Waals surface area contributed by atoms with E-state index < -0.39 is 0 Å². The molecule has 3 rings (SSSR count). The highest BCUT2D eigenvalue weighted by atomic mass is 32.1. The Balaban J connectivity index is 1.65. The first-order valence-corrected chi connectivity index (χ1v) is 10.5. The van der Waals surface area contributed by atoms with Crippen molar-refractivity contribution >= 4 is 23.3 Å². The van der Waals surface area contributed by atoms with Crippen molar-refractivity contribution in [3.05, 3.63) is 15.6 Å². The maximum absolute atomic E-state index is 12.0. The van der Waals surface area contributed by atoms with Crippen LogP contribution >= 0.6 is 11.3 Å². The Hall–Kier alpha value is -1.63. The lowest BCUT2D eigenvalue weighted by Crippen LogP contribution is -2.39. The third-order valence-corrected chi connectivity index (χ3v) is 6.55. The number of hydrogen-bond donors (Lipinski definition) is 2. The molecule has 0 aromatic carbocycles. The van der Waals surface area contributed by atoms with Gasteiger partial charge in [-0.05, 0) is 64.7 Å². The molecule has 26 heavy (non-hydrogen) atoms. The molecule has 1 heterocycles. The normalized spacial score (nSPS) is 19.8. The second-order valence-corrected chi connectivity index (χ2v) is 8.42. The number of thiazole rings is 1. The van der Waals surface area contributed by atoms with Crippen LogP contribution in [0.5, 0.6) is 0 Å². The van der Waals surface area contributed by atoms with Gasteiger partial charge in [-0.25, -0.2) is 9.78 Å². The average molecular weight is 379 g/mol. The molecule has 1 unspecified atom stereocenters. The SMILES string of the molecule is CCNC(=NCC1(C2CC2)CC1)NC(C)c1nc(C)c(C(=O)OCC)s1. The topological polar surface area (TPSA) is 75.6 Å². The van der Waals surface area contributed by atoms with E-state index in [0.29, 0.717) is 16.9 Å². The summed E-state index contributed by atoms with van der Waals surface area (Å²) >= 11 is 1.40. The summed E-state index contributed by atoms with van der Waals surface area (Å²) in [7, 11) is 0. The van der Waals surface area contributed by atoms with Crippen LogP contribution in [0.3, 0.4) is 0 Å². The van der Waals surface area contributed by atoms with Crippen molar-refractivity contribution in [2.45, 2.75) is 59.4 Å². The Labute approximate surface area is 159 Å². The van der Waals surface area contributed by atoms with E-state index in [1.807, 2.05) is 20.8 Å². The summed E-state index contributed by atoms with van der Waals surface area (Å²) in [5, 5.41) is 7.65. The van der Waals surface area contributed by atoms with E-state index in [0.717, 1.165) is 35.7 Å². The molecule has 0 spiro atoms. The number of nitrogens with zero attached hydrogens (tertiary/aromatic N) is 2. The Bertz CT molecular complexity index is 677. The summed E-state index contributed by atoms with van der Waals surface area (Å²) in [5.74, 6) is 1.44. The fourth-order valence-corrected chi connectivity index (χ4v) is 4.33. The Morgan fingerprint density at radius 3 is 2.73 bits per heavy atom. The zero-order valence-electron chi connectivity index (χ0n) is 16.2. The van der Waals surface area contributed by atoms with E-state index in [9.17, 15) is 4.79 Å². The van der Waals surface area contributed by atoms with Crippen LogP contribution in [0, 0.1) is 18.3 Å². The quantitative estimate of drug-likeness (QED) is 0.412. The van der Waals surface area contributed by atoms with Crippen LogP contribution in [0.2, 0.25) is 0 Å². The lowest BCUT2D eigenvalue weighted by atomic mass is 10.0. The highest BCUT2D eigenvalue weighted by Crippen LogP contribution is 2.61. The molecule has 1 aromatic heterocycles. The monoisotopic (exact) mass is 378 g/mol. The number of ether oxygens (including phenoxy) is 1. The number of guanidine groups is 1. The van der Waals surface area contributed by atoms with Gasteiger partial charge in [0, 0.05) is 13.1 Å². The van der Waals surface area contributed by atoms with Gasteiger partial charge in [0.05, 0.1) is 18.3 Å². The molecule has 1 atom stereocenters. The molecule has 0 saturated heterocycles. The van der Waals surface area contributed by atoms with Gasteiger partial charge < -0.3 is 15.4 Å². The molecule has 0 amide bonds. The van der Waals surface area contributed by atoms with Crippen molar-refractivity contribution in [2.75, 3.05) is 19.7 Å². The third-order valence-electron chi connectivity index (χ3n) is 5.23. The van der Waals surface area contributed by atoms with Gasteiger partial charge in [-0.1, -0.05) is 0 Å². The summed E-state index contributed by atoms with van der Waals surface area (Å²) in [6, 6.07) is -0.0178. The summed E-state index contributed by atoms with van der Waals surface area (Å²) in [5.41, 5.74) is 1.21. The van der Waals surface area contributed by atoms with Crippen LogP contribution in [0.25, 0.3) is 0 Å². The van der Waals surface area contributed by atoms with E-state index in [1.165, 1.54) is 37.0 Å². The maximum Gasteiger partial charge on any atom is 0.350 e. The van der Waals surface area contributed by atoms with Crippen molar-refractivity contribution in [1.29, 1.82) is 0 Å². The molecule has 144 valence electrons. The van der Waals surface area contributed by atoms with E-state index in [4.69, 9.17) is 9.73 Å². The van der Waals surface area contributed by atoms with Gasteiger partial charge in [0.1, 0.15) is 9.88 Å². The first-order chi connectivity index (χ1) is 12.5. The minimum atomic E-state index is -0.290. The Kier molecular flexibility index (Phi) is 5.85. The van der Waals surface area contributed by atoms with E-state index in [1.54, 1.807) is 0 Å². The first-order valence-electron chi connectivity index (χ1n) is 9.68. The van der Waals surface area contributed by atoms with Gasteiger partial charge in [-0.2, -0.15) is 0 Å². The van der Waals surface area contributed by atoms with Crippen molar-refractivity contribution < 1.29 is 9.53 Å². The summed E-state index contributed by atoms with van der Waals surface area (Å²) in [6.07, 6.45) is 5.41. The van der Waals surface area contributed by atoms with Gasteiger partial charge in [0.25, 0.3) is 0 Å². The van der Waals surface area contributed by atoms with Crippen molar-refractivity contribution in [1.82, 2.24) is 15.6 Å². The molecule has 0 radical (unpaired) electrons. The standard InChI is InChI=1S/C19H30N4O2S/c1-5-20-18(21-11-19(9-10-19)14-7-8-14)23-13(4)16-22-12(3)15(26-16)17(24)25-6-2/h13-14H,5-11H2,1-4H3,(H2,20,21,23). The molecule has 7 heteroatoms. The zero-order valence-corrected chi connectivity index (χ0v) is 17.0. The molecular formula is C19H30N4O2S. The molecule has 2 N–H and O–H groups in total. The minimum Gasteiger partial charge on any atom is -0.462 e. The second kappa shape index (κ2) is 7.94.